The van der Waals surface area contributed by atoms with E-state index in [4.69, 9.17) is 10.2 Å². The zero-order chi connectivity index (χ0) is 15.7. The number of benzene rings is 1. The maximum absolute atomic E-state index is 9.33. The minimum absolute atomic E-state index is 0.213. The molecule has 0 saturated carbocycles. The number of hydrogen-bond acceptors (Lipinski definition) is 4. The first-order valence-electron chi connectivity index (χ1n) is 6.92. The van der Waals surface area contributed by atoms with Gasteiger partial charge in [-0.25, -0.2) is 4.98 Å². The fourth-order valence-electron chi connectivity index (χ4n) is 2.36. The number of aromatic nitrogens is 1. The van der Waals surface area contributed by atoms with Crippen LogP contribution in [0.15, 0.2) is 47.1 Å². The van der Waals surface area contributed by atoms with Crippen molar-refractivity contribution in [3.63, 3.8) is 0 Å². The highest BCUT2D eigenvalue weighted by molar-refractivity contribution is 5.78. The third kappa shape index (κ3) is 2.33. The van der Waals surface area contributed by atoms with Crippen LogP contribution in [0.3, 0.4) is 0 Å². The highest BCUT2D eigenvalue weighted by atomic mass is 16.3. The van der Waals surface area contributed by atoms with Gasteiger partial charge in [-0.15, -0.1) is 0 Å². The summed E-state index contributed by atoms with van der Waals surface area (Å²) in [6, 6.07) is 13.7. The SMILES string of the molecule is Cc1ccc(-c2cc(-c3ccco3)c(C#N)c(N)n2)cc1C. The van der Waals surface area contributed by atoms with Crippen LogP contribution in [0.1, 0.15) is 16.7 Å². The Morgan fingerprint density at radius 1 is 1.14 bits per heavy atom. The summed E-state index contributed by atoms with van der Waals surface area (Å²) < 4.78 is 5.42. The lowest BCUT2D eigenvalue weighted by atomic mass is 10.0. The van der Waals surface area contributed by atoms with Crippen LogP contribution in [0.5, 0.6) is 0 Å². The van der Waals surface area contributed by atoms with Crippen molar-refractivity contribution in [1.29, 1.82) is 5.26 Å². The average molecular weight is 289 g/mol. The second-order valence-electron chi connectivity index (χ2n) is 5.20. The lowest BCUT2D eigenvalue weighted by molar-refractivity contribution is 0.582. The van der Waals surface area contributed by atoms with Crippen molar-refractivity contribution in [2.24, 2.45) is 0 Å². The number of anilines is 1. The van der Waals surface area contributed by atoms with E-state index in [2.05, 4.69) is 31.0 Å². The average Bonchev–Trinajstić information content (AvgIpc) is 3.03. The van der Waals surface area contributed by atoms with Crippen molar-refractivity contribution in [2.75, 3.05) is 5.73 Å². The highest BCUT2D eigenvalue weighted by Crippen LogP contribution is 2.31. The van der Waals surface area contributed by atoms with Crippen molar-refractivity contribution in [1.82, 2.24) is 4.98 Å². The molecule has 0 atom stereocenters. The highest BCUT2D eigenvalue weighted by Gasteiger charge is 2.15. The molecule has 0 radical (unpaired) electrons. The Morgan fingerprint density at radius 2 is 1.95 bits per heavy atom. The molecule has 3 aromatic rings. The second kappa shape index (κ2) is 5.38. The first-order valence-corrected chi connectivity index (χ1v) is 6.92. The van der Waals surface area contributed by atoms with E-state index < -0.39 is 0 Å². The number of nitriles is 1. The van der Waals surface area contributed by atoms with Crippen molar-refractivity contribution in [3.8, 4) is 28.7 Å². The molecule has 108 valence electrons. The fraction of sp³-hybridized carbons (Fsp3) is 0.111. The molecule has 0 aliphatic heterocycles. The number of hydrogen-bond donors (Lipinski definition) is 1. The molecule has 22 heavy (non-hydrogen) atoms. The summed E-state index contributed by atoms with van der Waals surface area (Å²) in [5, 5.41) is 9.33. The molecule has 4 nitrogen and oxygen atoms in total. The first-order chi connectivity index (χ1) is 10.6. The van der Waals surface area contributed by atoms with E-state index in [-0.39, 0.29) is 5.82 Å². The first kappa shape index (κ1) is 13.9. The maximum atomic E-state index is 9.33. The Bertz CT molecular complexity index is 874. The van der Waals surface area contributed by atoms with E-state index in [0.717, 1.165) is 11.3 Å². The monoisotopic (exact) mass is 289 g/mol. The summed E-state index contributed by atoms with van der Waals surface area (Å²) in [7, 11) is 0. The van der Waals surface area contributed by atoms with Gasteiger partial charge in [-0.05, 0) is 49.2 Å². The third-order valence-corrected chi connectivity index (χ3v) is 3.75. The quantitative estimate of drug-likeness (QED) is 0.771. The van der Waals surface area contributed by atoms with Crippen molar-refractivity contribution in [3.05, 3.63) is 59.4 Å². The summed E-state index contributed by atoms with van der Waals surface area (Å²) >= 11 is 0. The van der Waals surface area contributed by atoms with Gasteiger partial charge >= 0.3 is 0 Å². The Hall–Kier alpha value is -3.06. The predicted molar refractivity (Wildman–Crippen MR) is 86.0 cm³/mol. The molecule has 2 aromatic heterocycles. The minimum atomic E-state index is 0.213. The molecule has 0 aliphatic rings. The van der Waals surface area contributed by atoms with E-state index in [1.54, 1.807) is 18.4 Å². The topological polar surface area (TPSA) is 75.8 Å². The number of aryl methyl sites for hydroxylation is 2. The van der Waals surface area contributed by atoms with E-state index >= 15 is 0 Å². The molecule has 2 heterocycles. The summed E-state index contributed by atoms with van der Waals surface area (Å²) in [5.41, 5.74) is 11.1. The van der Waals surface area contributed by atoms with Crippen LogP contribution in [0, 0.1) is 25.2 Å². The minimum Gasteiger partial charge on any atom is -0.464 e. The summed E-state index contributed by atoms with van der Waals surface area (Å²) in [6.45, 7) is 4.12. The molecular weight excluding hydrogens is 274 g/mol. The van der Waals surface area contributed by atoms with Gasteiger partial charge in [-0.3, -0.25) is 0 Å². The third-order valence-electron chi connectivity index (χ3n) is 3.75. The smallest absolute Gasteiger partial charge is 0.142 e. The summed E-state index contributed by atoms with van der Waals surface area (Å²) in [6.07, 6.45) is 1.57. The van der Waals surface area contributed by atoms with Crippen LogP contribution in [0.25, 0.3) is 22.6 Å². The number of rotatable bonds is 2. The predicted octanol–water partition coefficient (Wildman–Crippen LogP) is 4.08. The lowest BCUT2D eigenvalue weighted by Crippen LogP contribution is -1.99. The maximum Gasteiger partial charge on any atom is 0.142 e. The molecule has 4 heteroatoms. The lowest BCUT2D eigenvalue weighted by Gasteiger charge is -2.09. The van der Waals surface area contributed by atoms with E-state index in [9.17, 15) is 5.26 Å². The molecule has 0 unspecified atom stereocenters. The van der Waals surface area contributed by atoms with Crippen molar-refractivity contribution < 1.29 is 4.42 Å². The van der Waals surface area contributed by atoms with Crippen LogP contribution in [-0.2, 0) is 0 Å². The Labute approximate surface area is 128 Å². The van der Waals surface area contributed by atoms with Crippen LogP contribution < -0.4 is 5.73 Å². The molecule has 0 spiro atoms. The van der Waals surface area contributed by atoms with Crippen LogP contribution in [-0.4, -0.2) is 4.98 Å². The van der Waals surface area contributed by atoms with Gasteiger partial charge in [0.15, 0.2) is 0 Å². The molecule has 0 aliphatic carbocycles. The van der Waals surface area contributed by atoms with E-state index in [0.29, 0.717) is 16.9 Å². The van der Waals surface area contributed by atoms with Crippen LogP contribution in [0.2, 0.25) is 0 Å². The van der Waals surface area contributed by atoms with Gasteiger partial charge in [0.25, 0.3) is 0 Å². The number of nitrogen functional groups attached to an aromatic ring is 1. The van der Waals surface area contributed by atoms with Gasteiger partial charge in [0.05, 0.1) is 12.0 Å². The molecule has 3 rings (SSSR count). The van der Waals surface area contributed by atoms with E-state index in [1.165, 1.54) is 11.1 Å². The summed E-state index contributed by atoms with van der Waals surface area (Å²) in [5.74, 6) is 0.820. The number of nitrogens with zero attached hydrogens (tertiary/aromatic N) is 2. The normalized spacial score (nSPS) is 10.4. The zero-order valence-corrected chi connectivity index (χ0v) is 12.4. The Balaban J connectivity index is 2.22. The van der Waals surface area contributed by atoms with Gasteiger partial charge in [-0.1, -0.05) is 12.1 Å². The molecular formula is C18H15N3O. The van der Waals surface area contributed by atoms with Gasteiger partial charge in [0.2, 0.25) is 0 Å². The van der Waals surface area contributed by atoms with Gasteiger partial charge in [-0.2, -0.15) is 5.26 Å². The van der Waals surface area contributed by atoms with Crippen LogP contribution in [0.4, 0.5) is 5.82 Å². The second-order valence-corrected chi connectivity index (χ2v) is 5.20. The standard InChI is InChI=1S/C18H15N3O/c1-11-5-6-13(8-12(11)2)16-9-14(17-4-3-7-22-17)15(10-19)18(20)21-16/h3-9H,1-2H3,(H2,20,21). The van der Waals surface area contributed by atoms with Crippen molar-refractivity contribution >= 4 is 5.82 Å². The number of pyridine rings is 1. The zero-order valence-electron chi connectivity index (χ0n) is 12.4. The van der Waals surface area contributed by atoms with Gasteiger partial charge in [0.1, 0.15) is 23.2 Å². The molecule has 0 fully saturated rings. The molecule has 0 saturated heterocycles. The summed E-state index contributed by atoms with van der Waals surface area (Å²) in [4.78, 5) is 4.37. The van der Waals surface area contributed by atoms with Gasteiger partial charge in [0, 0.05) is 11.1 Å². The number of furan rings is 1. The Kier molecular flexibility index (Phi) is 3.40. The molecule has 0 bridgehead atoms. The molecule has 2 N–H and O–H groups in total. The van der Waals surface area contributed by atoms with Crippen LogP contribution >= 0.6 is 0 Å². The Morgan fingerprint density at radius 3 is 2.59 bits per heavy atom. The molecule has 1 aromatic carbocycles. The largest absolute Gasteiger partial charge is 0.464 e. The van der Waals surface area contributed by atoms with Crippen molar-refractivity contribution in [2.45, 2.75) is 13.8 Å². The fourth-order valence-corrected chi connectivity index (χ4v) is 2.36. The number of nitrogens with two attached hydrogens (primary N) is 1. The van der Waals surface area contributed by atoms with E-state index in [1.807, 2.05) is 18.2 Å². The molecule has 0 amide bonds. The van der Waals surface area contributed by atoms with Gasteiger partial charge < -0.3 is 10.2 Å².